The van der Waals surface area contributed by atoms with Gasteiger partial charge in [0, 0.05) is 25.3 Å². The van der Waals surface area contributed by atoms with Gasteiger partial charge in [0.15, 0.2) is 0 Å². The second-order valence-corrected chi connectivity index (χ2v) is 6.40. The molecule has 0 atom stereocenters. The van der Waals surface area contributed by atoms with Crippen LogP contribution in [0.5, 0.6) is 5.75 Å². The fraction of sp³-hybridized carbons (Fsp3) is 0.304. The van der Waals surface area contributed by atoms with Crippen molar-refractivity contribution in [3.05, 3.63) is 77.4 Å². The van der Waals surface area contributed by atoms with Crippen molar-refractivity contribution < 1.29 is 9.47 Å². The van der Waals surface area contributed by atoms with E-state index in [0.29, 0.717) is 19.8 Å². The van der Waals surface area contributed by atoms with E-state index in [9.17, 15) is 0 Å². The third-order valence-electron chi connectivity index (χ3n) is 4.40. The van der Waals surface area contributed by atoms with Gasteiger partial charge >= 0.3 is 0 Å². The lowest BCUT2D eigenvalue weighted by atomic mass is 10.0. The monoisotopic (exact) mass is 349 g/mol. The first-order valence-corrected chi connectivity index (χ1v) is 9.25. The van der Waals surface area contributed by atoms with Crippen molar-refractivity contribution in [2.75, 3.05) is 19.8 Å². The molecule has 136 valence electrons. The fourth-order valence-electron chi connectivity index (χ4n) is 3.14. The van der Waals surface area contributed by atoms with Gasteiger partial charge in [0.2, 0.25) is 0 Å². The summed E-state index contributed by atoms with van der Waals surface area (Å²) >= 11 is 0. The maximum absolute atomic E-state index is 6.00. The number of nitrogens with one attached hydrogen (secondary N) is 1. The van der Waals surface area contributed by atoms with E-state index in [0.717, 1.165) is 18.8 Å². The molecular weight excluding hydrogens is 322 g/mol. The van der Waals surface area contributed by atoms with Crippen LogP contribution in [0.2, 0.25) is 0 Å². The first-order chi connectivity index (χ1) is 12.8. The number of ether oxygens (including phenoxy) is 2. The van der Waals surface area contributed by atoms with Gasteiger partial charge in [-0.15, -0.1) is 0 Å². The Kier molecular flexibility index (Phi) is 6.64. The predicted molar refractivity (Wildman–Crippen MR) is 108 cm³/mol. The van der Waals surface area contributed by atoms with Crippen molar-refractivity contribution in [2.24, 2.45) is 0 Å². The molecule has 0 fully saturated rings. The molecule has 0 spiro atoms. The minimum absolute atomic E-state index is 0.567. The summed E-state index contributed by atoms with van der Waals surface area (Å²) < 4.78 is 11.4. The predicted octanol–water partition coefficient (Wildman–Crippen LogP) is 4.85. The van der Waals surface area contributed by atoms with Crippen LogP contribution in [0, 0.1) is 6.92 Å². The minimum atomic E-state index is 0.567. The van der Waals surface area contributed by atoms with Gasteiger partial charge in [-0.1, -0.05) is 60.2 Å². The average molecular weight is 349 g/mol. The first-order valence-electron chi connectivity index (χ1n) is 9.25. The van der Waals surface area contributed by atoms with Gasteiger partial charge in [0.25, 0.3) is 0 Å². The van der Waals surface area contributed by atoms with Crippen LogP contribution in [0.3, 0.4) is 0 Å². The smallest absolute Gasteiger partial charge is 0.124 e. The van der Waals surface area contributed by atoms with Crippen LogP contribution < -0.4 is 10.1 Å². The topological polar surface area (TPSA) is 30.5 Å². The lowest BCUT2D eigenvalue weighted by molar-refractivity contribution is 0.110. The van der Waals surface area contributed by atoms with Gasteiger partial charge in [-0.05, 0) is 36.2 Å². The van der Waals surface area contributed by atoms with Crippen LogP contribution in [0.1, 0.15) is 23.6 Å². The molecule has 0 radical (unpaired) electrons. The molecule has 3 nitrogen and oxygen atoms in total. The number of rotatable bonds is 9. The van der Waals surface area contributed by atoms with Crippen LogP contribution in [-0.4, -0.2) is 19.8 Å². The van der Waals surface area contributed by atoms with E-state index in [1.807, 2.05) is 6.92 Å². The number of aryl methyl sites for hydroxylation is 1. The van der Waals surface area contributed by atoms with Crippen molar-refractivity contribution >= 4 is 10.8 Å². The molecule has 0 aliphatic rings. The summed E-state index contributed by atoms with van der Waals surface area (Å²) in [6.45, 7) is 7.61. The summed E-state index contributed by atoms with van der Waals surface area (Å²) in [7, 11) is 0. The van der Waals surface area contributed by atoms with Gasteiger partial charge in [-0.25, -0.2) is 0 Å². The minimum Gasteiger partial charge on any atom is -0.491 e. The third-order valence-corrected chi connectivity index (χ3v) is 4.40. The molecule has 3 heteroatoms. The Morgan fingerprint density at radius 2 is 1.77 bits per heavy atom. The van der Waals surface area contributed by atoms with Crippen LogP contribution >= 0.6 is 0 Å². The summed E-state index contributed by atoms with van der Waals surface area (Å²) in [4.78, 5) is 0. The molecule has 0 aliphatic carbocycles. The molecule has 0 aliphatic heterocycles. The summed E-state index contributed by atoms with van der Waals surface area (Å²) in [5.41, 5.74) is 3.78. The highest BCUT2D eigenvalue weighted by atomic mass is 16.5. The van der Waals surface area contributed by atoms with E-state index >= 15 is 0 Å². The number of fused-ring (bicyclic) bond motifs is 1. The van der Waals surface area contributed by atoms with Gasteiger partial charge in [-0.2, -0.15) is 0 Å². The summed E-state index contributed by atoms with van der Waals surface area (Å²) in [5.74, 6) is 0.931. The lowest BCUT2D eigenvalue weighted by Crippen LogP contribution is -2.15. The standard InChI is InChI=1S/C23H27NO2/c1-3-25-13-14-26-23-12-11-20-9-4-5-10-21(20)22(23)17-24-16-19-8-6-7-18(2)15-19/h4-12,15,24H,3,13-14,16-17H2,1-2H3. The highest BCUT2D eigenvalue weighted by Crippen LogP contribution is 2.28. The Bertz CT molecular complexity index is 844. The van der Waals surface area contributed by atoms with Crippen LogP contribution in [-0.2, 0) is 17.8 Å². The molecule has 0 saturated heterocycles. The van der Waals surface area contributed by atoms with E-state index in [1.54, 1.807) is 0 Å². The van der Waals surface area contributed by atoms with Crippen molar-refractivity contribution in [3.63, 3.8) is 0 Å². The Balaban J connectivity index is 1.74. The Morgan fingerprint density at radius 1 is 0.885 bits per heavy atom. The molecule has 3 aromatic rings. The van der Waals surface area contributed by atoms with Crippen molar-refractivity contribution in [1.82, 2.24) is 5.32 Å². The SMILES string of the molecule is CCOCCOc1ccc2ccccc2c1CNCc1cccc(C)c1. The van der Waals surface area contributed by atoms with Crippen molar-refractivity contribution in [2.45, 2.75) is 26.9 Å². The molecule has 0 aromatic heterocycles. The molecule has 0 amide bonds. The third kappa shape index (κ3) is 4.84. The first kappa shape index (κ1) is 18.4. The zero-order chi connectivity index (χ0) is 18.2. The van der Waals surface area contributed by atoms with E-state index in [2.05, 4.69) is 72.9 Å². The van der Waals surface area contributed by atoms with Gasteiger partial charge in [0.1, 0.15) is 12.4 Å². The largest absolute Gasteiger partial charge is 0.491 e. The molecule has 0 bridgehead atoms. The summed E-state index contributed by atoms with van der Waals surface area (Å²) in [6.07, 6.45) is 0. The maximum atomic E-state index is 6.00. The molecule has 0 unspecified atom stereocenters. The molecule has 1 N–H and O–H groups in total. The van der Waals surface area contributed by atoms with E-state index < -0.39 is 0 Å². The van der Waals surface area contributed by atoms with Gasteiger partial charge < -0.3 is 14.8 Å². The maximum Gasteiger partial charge on any atom is 0.124 e. The van der Waals surface area contributed by atoms with E-state index in [1.165, 1.54) is 27.5 Å². The van der Waals surface area contributed by atoms with E-state index in [4.69, 9.17) is 9.47 Å². The van der Waals surface area contributed by atoms with Gasteiger partial charge in [-0.3, -0.25) is 0 Å². The zero-order valence-corrected chi connectivity index (χ0v) is 15.6. The van der Waals surface area contributed by atoms with E-state index in [-0.39, 0.29) is 0 Å². The molecule has 0 saturated carbocycles. The number of hydrogen-bond acceptors (Lipinski definition) is 3. The zero-order valence-electron chi connectivity index (χ0n) is 15.6. The number of hydrogen-bond donors (Lipinski definition) is 1. The Hall–Kier alpha value is -2.36. The van der Waals surface area contributed by atoms with Crippen molar-refractivity contribution in [3.8, 4) is 5.75 Å². The molecule has 26 heavy (non-hydrogen) atoms. The van der Waals surface area contributed by atoms with Crippen LogP contribution in [0.4, 0.5) is 0 Å². The highest BCUT2D eigenvalue weighted by molar-refractivity contribution is 5.87. The van der Waals surface area contributed by atoms with Crippen LogP contribution in [0.15, 0.2) is 60.7 Å². The normalized spacial score (nSPS) is 11.0. The summed E-state index contributed by atoms with van der Waals surface area (Å²) in [5, 5.41) is 6.04. The Morgan fingerprint density at radius 3 is 2.62 bits per heavy atom. The second-order valence-electron chi connectivity index (χ2n) is 6.40. The molecular formula is C23H27NO2. The quantitative estimate of drug-likeness (QED) is 0.560. The average Bonchev–Trinajstić information content (AvgIpc) is 2.66. The van der Waals surface area contributed by atoms with Gasteiger partial charge in [0.05, 0.1) is 6.61 Å². The van der Waals surface area contributed by atoms with Crippen molar-refractivity contribution in [1.29, 1.82) is 0 Å². The highest BCUT2D eigenvalue weighted by Gasteiger charge is 2.09. The fourth-order valence-corrected chi connectivity index (χ4v) is 3.14. The number of benzene rings is 3. The molecule has 3 aromatic carbocycles. The Labute approximate surface area is 156 Å². The van der Waals surface area contributed by atoms with Crippen LogP contribution in [0.25, 0.3) is 10.8 Å². The lowest BCUT2D eigenvalue weighted by Gasteiger charge is -2.15. The second kappa shape index (κ2) is 9.37. The summed E-state index contributed by atoms with van der Waals surface area (Å²) in [6, 6.07) is 21.2. The molecule has 3 rings (SSSR count). The molecule has 0 heterocycles.